The van der Waals surface area contributed by atoms with E-state index in [0.717, 1.165) is 71.3 Å². The van der Waals surface area contributed by atoms with Crippen LogP contribution in [0.2, 0.25) is 0 Å². The van der Waals surface area contributed by atoms with E-state index >= 15 is 0 Å². The number of benzene rings is 1. The van der Waals surface area contributed by atoms with Crippen LogP contribution in [0.25, 0.3) is 16.9 Å². The monoisotopic (exact) mass is 436 g/mol. The highest BCUT2D eigenvalue weighted by atomic mass is 32.1. The molecule has 1 atom stereocenters. The van der Waals surface area contributed by atoms with E-state index in [1.54, 1.807) is 12.1 Å². The Balaban J connectivity index is 1.53. The van der Waals surface area contributed by atoms with Gasteiger partial charge in [0.05, 0.1) is 22.8 Å². The Morgan fingerprint density at radius 2 is 1.94 bits per heavy atom. The molecule has 1 aromatic carbocycles. The summed E-state index contributed by atoms with van der Waals surface area (Å²) in [4.78, 5) is 9.54. The topological polar surface area (TPSA) is 81.1 Å². The lowest BCUT2D eigenvalue weighted by Crippen LogP contribution is -2.27. The van der Waals surface area contributed by atoms with E-state index in [1.165, 1.54) is 23.5 Å². The minimum atomic E-state index is -0.431. The fourth-order valence-electron chi connectivity index (χ4n) is 4.22. The van der Waals surface area contributed by atoms with Gasteiger partial charge in [-0.15, -0.1) is 11.3 Å². The zero-order valence-corrected chi connectivity index (χ0v) is 18.2. The second-order valence-corrected chi connectivity index (χ2v) is 8.79. The van der Waals surface area contributed by atoms with Crippen LogP contribution in [0.4, 0.5) is 4.39 Å². The first-order valence-electron chi connectivity index (χ1n) is 10.7. The Kier molecular flexibility index (Phi) is 5.52. The molecule has 4 aromatic rings. The third-order valence-corrected chi connectivity index (χ3v) is 6.85. The maximum atomic E-state index is 13.3. The van der Waals surface area contributed by atoms with Gasteiger partial charge in [0.2, 0.25) is 0 Å². The van der Waals surface area contributed by atoms with Crippen LogP contribution in [-0.2, 0) is 6.42 Å². The minimum absolute atomic E-state index is 0.259. The molecule has 160 valence electrons. The number of piperidine rings is 1. The van der Waals surface area contributed by atoms with Gasteiger partial charge in [0.15, 0.2) is 5.65 Å². The van der Waals surface area contributed by atoms with E-state index in [1.807, 2.05) is 16.0 Å². The predicted molar refractivity (Wildman–Crippen MR) is 121 cm³/mol. The number of halogens is 1. The van der Waals surface area contributed by atoms with Crippen LogP contribution in [0.3, 0.4) is 0 Å². The molecule has 1 unspecified atom stereocenters. The number of fused-ring (bicyclic) bond motifs is 1. The Bertz CT molecular complexity index is 1190. The Morgan fingerprint density at radius 3 is 2.68 bits per heavy atom. The number of aromatic nitrogens is 4. The fraction of sp³-hybridized carbons (Fsp3) is 0.348. The molecule has 1 aliphatic rings. The van der Waals surface area contributed by atoms with Crippen molar-refractivity contribution in [3.8, 4) is 11.3 Å². The van der Waals surface area contributed by atoms with Gasteiger partial charge in [-0.2, -0.15) is 5.10 Å². The highest BCUT2D eigenvalue weighted by Gasteiger charge is 2.24. The molecule has 1 fully saturated rings. The van der Waals surface area contributed by atoms with Gasteiger partial charge in [-0.25, -0.2) is 18.9 Å². The molecule has 1 aliphatic heterocycles. The van der Waals surface area contributed by atoms with Crippen molar-refractivity contribution in [1.29, 1.82) is 0 Å². The van der Waals surface area contributed by atoms with Gasteiger partial charge in [-0.1, -0.05) is 6.92 Å². The van der Waals surface area contributed by atoms with Crippen LogP contribution in [0.5, 0.6) is 0 Å². The average Bonchev–Trinajstić information content (AvgIpc) is 3.44. The Morgan fingerprint density at radius 1 is 1.16 bits per heavy atom. The summed E-state index contributed by atoms with van der Waals surface area (Å²) in [5.74, 6) is 0.192. The number of hydrogen-bond acceptors (Lipinski definition) is 6. The Labute approximate surface area is 184 Å². The standard InChI is InChI=1S/C23H25FN6S/c1-2-17-22(21(25)23-28-19(13-31-23)14-3-5-16(24)6-4-14)30-20(27-17)8-7-18(29-30)15-9-11-26-12-10-15/h3-8,13,15,21,26H,2,9-12,25H2,1H3. The lowest BCUT2D eigenvalue weighted by Gasteiger charge is -2.22. The van der Waals surface area contributed by atoms with E-state index in [4.69, 9.17) is 20.8 Å². The van der Waals surface area contributed by atoms with Crippen LogP contribution in [0.15, 0.2) is 41.8 Å². The second kappa shape index (κ2) is 8.45. The summed E-state index contributed by atoms with van der Waals surface area (Å²) in [6.07, 6.45) is 2.94. The minimum Gasteiger partial charge on any atom is -0.317 e. The molecule has 0 radical (unpaired) electrons. The first-order valence-corrected chi connectivity index (χ1v) is 11.6. The smallest absolute Gasteiger partial charge is 0.154 e. The summed E-state index contributed by atoms with van der Waals surface area (Å²) < 4.78 is 15.2. The quantitative estimate of drug-likeness (QED) is 0.493. The number of rotatable bonds is 5. The third kappa shape index (κ3) is 3.86. The zero-order valence-electron chi connectivity index (χ0n) is 17.4. The molecule has 0 aliphatic carbocycles. The first-order chi connectivity index (χ1) is 15.1. The van der Waals surface area contributed by atoms with Crippen LogP contribution in [0.1, 0.15) is 53.8 Å². The molecule has 5 rings (SSSR count). The van der Waals surface area contributed by atoms with Gasteiger partial charge in [0.25, 0.3) is 0 Å². The number of aryl methyl sites for hydroxylation is 1. The van der Waals surface area contributed by atoms with Gasteiger partial charge in [0.1, 0.15) is 16.9 Å². The molecule has 3 aromatic heterocycles. The van der Waals surface area contributed by atoms with Crippen molar-refractivity contribution in [2.45, 2.75) is 38.1 Å². The molecular weight excluding hydrogens is 411 g/mol. The van der Waals surface area contributed by atoms with Crippen molar-refractivity contribution >= 4 is 17.0 Å². The average molecular weight is 437 g/mol. The van der Waals surface area contributed by atoms with E-state index in [0.29, 0.717) is 5.92 Å². The fourth-order valence-corrected chi connectivity index (χ4v) is 5.05. The van der Waals surface area contributed by atoms with Crippen molar-refractivity contribution in [1.82, 2.24) is 24.9 Å². The lowest BCUT2D eigenvalue weighted by molar-refractivity contribution is 0.448. The van der Waals surface area contributed by atoms with E-state index in [2.05, 4.69) is 18.3 Å². The summed E-state index contributed by atoms with van der Waals surface area (Å²) in [7, 11) is 0. The van der Waals surface area contributed by atoms with Gasteiger partial charge in [0, 0.05) is 16.9 Å². The molecule has 6 nitrogen and oxygen atoms in total. The number of hydrogen-bond donors (Lipinski definition) is 2. The number of imidazole rings is 1. The molecule has 0 amide bonds. The molecule has 4 heterocycles. The normalized spacial score (nSPS) is 16.1. The van der Waals surface area contributed by atoms with Crippen molar-refractivity contribution < 1.29 is 4.39 Å². The lowest BCUT2D eigenvalue weighted by atomic mass is 9.94. The first kappa shape index (κ1) is 20.2. The molecule has 1 saturated heterocycles. The summed E-state index contributed by atoms with van der Waals surface area (Å²) in [6.45, 7) is 4.12. The highest BCUT2D eigenvalue weighted by Crippen LogP contribution is 2.31. The van der Waals surface area contributed by atoms with Crippen molar-refractivity contribution in [3.05, 3.63) is 69.7 Å². The summed E-state index contributed by atoms with van der Waals surface area (Å²) >= 11 is 1.51. The molecular formula is C23H25FN6S. The summed E-state index contributed by atoms with van der Waals surface area (Å²) in [5.41, 5.74) is 12.1. The molecule has 0 spiro atoms. The van der Waals surface area contributed by atoms with Crippen molar-refractivity contribution in [3.63, 3.8) is 0 Å². The molecule has 8 heteroatoms. The van der Waals surface area contributed by atoms with Gasteiger partial charge >= 0.3 is 0 Å². The highest BCUT2D eigenvalue weighted by molar-refractivity contribution is 7.10. The maximum absolute atomic E-state index is 13.3. The molecule has 0 saturated carbocycles. The SMILES string of the molecule is CCc1nc2ccc(C3CCNCC3)nn2c1C(N)c1nc(-c2ccc(F)cc2)cs1. The number of thiazole rings is 1. The second-order valence-electron chi connectivity index (χ2n) is 7.91. The zero-order chi connectivity index (χ0) is 21.4. The van der Waals surface area contributed by atoms with Crippen LogP contribution >= 0.6 is 11.3 Å². The van der Waals surface area contributed by atoms with Crippen LogP contribution < -0.4 is 11.1 Å². The van der Waals surface area contributed by atoms with Gasteiger partial charge < -0.3 is 11.1 Å². The summed E-state index contributed by atoms with van der Waals surface area (Å²) in [6, 6.07) is 10.1. The maximum Gasteiger partial charge on any atom is 0.154 e. The predicted octanol–water partition coefficient (Wildman–Crippen LogP) is 4.07. The molecule has 3 N–H and O–H groups in total. The van der Waals surface area contributed by atoms with Gasteiger partial charge in [-0.05, 0) is 68.8 Å². The summed E-state index contributed by atoms with van der Waals surface area (Å²) in [5, 5.41) is 11.1. The van der Waals surface area contributed by atoms with Crippen LogP contribution in [-0.4, -0.2) is 32.7 Å². The van der Waals surface area contributed by atoms with E-state index in [9.17, 15) is 4.39 Å². The Hall–Kier alpha value is -2.68. The van der Waals surface area contributed by atoms with E-state index < -0.39 is 6.04 Å². The number of nitrogens with one attached hydrogen (secondary N) is 1. The third-order valence-electron chi connectivity index (χ3n) is 5.92. The largest absolute Gasteiger partial charge is 0.317 e. The number of nitrogens with two attached hydrogens (primary N) is 1. The van der Waals surface area contributed by atoms with Gasteiger partial charge in [-0.3, -0.25) is 0 Å². The van der Waals surface area contributed by atoms with Crippen molar-refractivity contribution in [2.24, 2.45) is 5.73 Å². The van der Waals surface area contributed by atoms with Crippen LogP contribution in [0, 0.1) is 5.82 Å². The number of nitrogens with zero attached hydrogens (tertiary/aromatic N) is 4. The molecule has 0 bridgehead atoms. The van der Waals surface area contributed by atoms with Crippen molar-refractivity contribution in [2.75, 3.05) is 13.1 Å². The molecule has 31 heavy (non-hydrogen) atoms. The van der Waals surface area contributed by atoms with E-state index in [-0.39, 0.29) is 5.82 Å².